The van der Waals surface area contributed by atoms with Gasteiger partial charge in [0, 0.05) is 5.41 Å². The molecule has 3 atom stereocenters. The second kappa shape index (κ2) is 6.98. The molecule has 28 heavy (non-hydrogen) atoms. The first-order chi connectivity index (χ1) is 13.3. The highest BCUT2D eigenvalue weighted by molar-refractivity contribution is 7.05. The molecular weight excluding hydrogens is 356 g/mol. The number of carbonyl (C=O) groups is 1. The molecule has 0 radical (unpaired) electrons. The summed E-state index contributed by atoms with van der Waals surface area (Å²) < 4.78 is 0. The topological polar surface area (TPSA) is 17.1 Å². The summed E-state index contributed by atoms with van der Waals surface area (Å²) >= 11 is 0. The van der Waals surface area contributed by atoms with Gasteiger partial charge in [-0.25, -0.2) is 0 Å². The molecule has 2 fully saturated rings. The average molecular weight is 391 g/mol. The summed E-state index contributed by atoms with van der Waals surface area (Å²) in [4.78, 5) is 12.9. The van der Waals surface area contributed by atoms with E-state index in [4.69, 9.17) is 0 Å². The molecule has 0 aromatic heterocycles. The number of hydrogen-bond acceptors (Lipinski definition) is 1. The first-order valence-corrected chi connectivity index (χ1v) is 13.0. The van der Waals surface area contributed by atoms with Gasteiger partial charge in [-0.2, -0.15) is 0 Å². The number of hydrogen-bond donors (Lipinski definition) is 0. The van der Waals surface area contributed by atoms with Gasteiger partial charge in [0.05, 0.1) is 0 Å². The van der Waals surface area contributed by atoms with Gasteiger partial charge in [-0.15, -0.1) is 0 Å². The molecule has 0 aliphatic heterocycles. The lowest BCUT2D eigenvalue weighted by Gasteiger charge is -2.49. The quantitative estimate of drug-likeness (QED) is 0.622. The van der Waals surface area contributed by atoms with Crippen molar-refractivity contribution in [1.82, 2.24) is 0 Å². The van der Waals surface area contributed by atoms with Crippen LogP contribution in [0.5, 0.6) is 0 Å². The molecule has 0 unspecified atom stereocenters. The van der Waals surface area contributed by atoms with Crippen molar-refractivity contribution in [3.63, 3.8) is 0 Å². The van der Waals surface area contributed by atoms with E-state index in [2.05, 4.69) is 81.4 Å². The molecule has 4 rings (SSSR count). The van der Waals surface area contributed by atoms with Crippen molar-refractivity contribution in [1.29, 1.82) is 0 Å². The van der Waals surface area contributed by atoms with E-state index in [9.17, 15) is 4.79 Å². The van der Waals surface area contributed by atoms with Crippen LogP contribution in [0.1, 0.15) is 59.8 Å². The Morgan fingerprint density at radius 2 is 1.50 bits per heavy atom. The van der Waals surface area contributed by atoms with Crippen molar-refractivity contribution >= 4 is 24.2 Å². The molecule has 0 bridgehead atoms. The van der Waals surface area contributed by atoms with Crippen LogP contribution < -0.4 is 10.4 Å². The molecule has 2 aliphatic carbocycles. The monoisotopic (exact) mass is 390 g/mol. The standard InChI is InChI=1S/C26H34OSi/c1-20(27)26-17-11-12-21(26)18-24(19-26)28(25(2,3)4,22-13-7-5-8-14-22)23-15-9-6-10-16-23/h5-10,13-16,21,24H,11-12,17-19H2,1-4H3/t21-,24+,26+/m0/s1. The predicted octanol–water partition coefficient (Wildman–Crippen LogP) is 5.59. The molecule has 2 saturated carbocycles. The minimum atomic E-state index is -2.13. The molecular formula is C26H34OSi. The van der Waals surface area contributed by atoms with Gasteiger partial charge in [0.15, 0.2) is 0 Å². The predicted molar refractivity (Wildman–Crippen MR) is 121 cm³/mol. The molecule has 0 heterocycles. The minimum Gasteiger partial charge on any atom is -0.299 e. The van der Waals surface area contributed by atoms with Gasteiger partial charge in [-0.3, -0.25) is 4.79 Å². The van der Waals surface area contributed by atoms with E-state index in [1.807, 2.05) is 6.92 Å². The van der Waals surface area contributed by atoms with E-state index in [0.717, 1.165) is 12.8 Å². The van der Waals surface area contributed by atoms with Crippen LogP contribution in [0.15, 0.2) is 60.7 Å². The maximum Gasteiger partial charge on any atom is 0.136 e. The highest BCUT2D eigenvalue weighted by Gasteiger charge is 2.62. The first-order valence-electron chi connectivity index (χ1n) is 10.9. The van der Waals surface area contributed by atoms with Crippen LogP contribution in [0.25, 0.3) is 0 Å². The van der Waals surface area contributed by atoms with Gasteiger partial charge >= 0.3 is 0 Å². The summed E-state index contributed by atoms with van der Waals surface area (Å²) in [5, 5.41) is 3.26. The normalized spacial score (nSPS) is 27.6. The molecule has 0 amide bonds. The summed E-state index contributed by atoms with van der Waals surface area (Å²) in [6, 6.07) is 22.6. The van der Waals surface area contributed by atoms with E-state index >= 15 is 0 Å². The van der Waals surface area contributed by atoms with Gasteiger partial charge < -0.3 is 0 Å². The van der Waals surface area contributed by atoms with Crippen molar-refractivity contribution in [2.75, 3.05) is 0 Å². The number of ketones is 1. The molecule has 0 N–H and O–H groups in total. The van der Waals surface area contributed by atoms with Crippen LogP contribution in [0, 0.1) is 11.3 Å². The lowest BCUT2D eigenvalue weighted by atomic mass is 9.77. The Hall–Kier alpha value is -1.67. The molecule has 1 nitrogen and oxygen atoms in total. The third-order valence-corrected chi connectivity index (χ3v) is 14.6. The number of carbonyl (C=O) groups excluding carboxylic acids is 1. The molecule has 148 valence electrons. The lowest BCUT2D eigenvalue weighted by molar-refractivity contribution is -0.127. The summed E-state index contributed by atoms with van der Waals surface area (Å²) in [7, 11) is -2.13. The zero-order valence-electron chi connectivity index (χ0n) is 17.9. The summed E-state index contributed by atoms with van der Waals surface area (Å²) in [5.74, 6) is 1.05. The summed E-state index contributed by atoms with van der Waals surface area (Å²) in [5.41, 5.74) is 0.573. The third kappa shape index (κ3) is 2.75. The minimum absolute atomic E-state index is 0.0439. The van der Waals surface area contributed by atoms with Crippen molar-refractivity contribution < 1.29 is 4.79 Å². The highest BCUT2D eigenvalue weighted by atomic mass is 28.3. The zero-order valence-corrected chi connectivity index (χ0v) is 18.9. The van der Waals surface area contributed by atoms with Gasteiger partial charge in [-0.1, -0.05) is 98.2 Å². The Morgan fingerprint density at radius 1 is 0.964 bits per heavy atom. The summed E-state index contributed by atoms with van der Waals surface area (Å²) in [6.45, 7) is 9.22. The third-order valence-electron chi connectivity index (χ3n) is 8.09. The fourth-order valence-corrected chi connectivity index (χ4v) is 14.1. The molecule has 2 aromatic rings. The number of fused-ring (bicyclic) bond motifs is 1. The van der Waals surface area contributed by atoms with Crippen molar-refractivity contribution in [3.8, 4) is 0 Å². The van der Waals surface area contributed by atoms with Gasteiger partial charge in [0.2, 0.25) is 0 Å². The first kappa shape index (κ1) is 19.6. The Bertz CT molecular complexity index is 796. The molecule has 2 aliphatic rings. The molecule has 2 aromatic carbocycles. The van der Waals surface area contributed by atoms with Gasteiger partial charge in [-0.05, 0) is 49.1 Å². The largest absolute Gasteiger partial charge is 0.299 e. The van der Waals surface area contributed by atoms with Crippen LogP contribution in [0.4, 0.5) is 0 Å². The Kier molecular flexibility index (Phi) is 4.90. The zero-order chi connectivity index (χ0) is 20.0. The fraction of sp³-hybridized carbons (Fsp3) is 0.500. The SMILES string of the molecule is CC(=O)[C@]12CCC[C@H]1C[C@@H]([Si](c1ccccc1)(c1ccccc1)C(C)(C)C)C2. The van der Waals surface area contributed by atoms with Crippen LogP contribution in [0.2, 0.25) is 10.6 Å². The molecule has 2 heteroatoms. The Morgan fingerprint density at radius 3 is 1.93 bits per heavy atom. The fourth-order valence-electron chi connectivity index (χ4n) is 7.08. The van der Waals surface area contributed by atoms with E-state index < -0.39 is 8.07 Å². The Balaban J connectivity index is 1.93. The number of Topliss-reactive ketones (excluding diaryl/α,β-unsaturated/α-hetero) is 1. The van der Waals surface area contributed by atoms with Crippen molar-refractivity contribution in [3.05, 3.63) is 60.7 Å². The van der Waals surface area contributed by atoms with Crippen molar-refractivity contribution in [2.45, 2.75) is 70.4 Å². The average Bonchev–Trinajstić information content (AvgIpc) is 3.22. The van der Waals surface area contributed by atoms with Gasteiger partial charge in [0.25, 0.3) is 0 Å². The van der Waals surface area contributed by atoms with Crippen LogP contribution >= 0.6 is 0 Å². The number of rotatable bonds is 4. The van der Waals surface area contributed by atoms with Crippen LogP contribution in [-0.2, 0) is 4.79 Å². The maximum atomic E-state index is 12.9. The highest BCUT2D eigenvalue weighted by Crippen LogP contribution is 2.63. The van der Waals surface area contributed by atoms with Crippen LogP contribution in [0.3, 0.4) is 0 Å². The van der Waals surface area contributed by atoms with Crippen molar-refractivity contribution in [2.24, 2.45) is 11.3 Å². The molecule has 0 saturated heterocycles. The van der Waals surface area contributed by atoms with Gasteiger partial charge in [0.1, 0.15) is 13.9 Å². The van der Waals surface area contributed by atoms with Crippen LogP contribution in [-0.4, -0.2) is 13.9 Å². The Labute approximate surface area is 171 Å². The lowest BCUT2D eigenvalue weighted by Crippen LogP contribution is -2.67. The smallest absolute Gasteiger partial charge is 0.136 e. The summed E-state index contributed by atoms with van der Waals surface area (Å²) in [6.07, 6.45) is 5.92. The number of benzene rings is 2. The van der Waals surface area contributed by atoms with E-state index in [1.165, 1.54) is 29.6 Å². The van der Waals surface area contributed by atoms with E-state index in [0.29, 0.717) is 17.2 Å². The maximum absolute atomic E-state index is 12.9. The second-order valence-corrected chi connectivity index (χ2v) is 15.3. The second-order valence-electron chi connectivity index (χ2n) is 10.2. The van der Waals surface area contributed by atoms with E-state index in [-0.39, 0.29) is 10.5 Å². The molecule has 0 spiro atoms. The van der Waals surface area contributed by atoms with E-state index in [1.54, 1.807) is 0 Å².